The lowest BCUT2D eigenvalue weighted by Gasteiger charge is -2.13. The molecule has 6 nitrogen and oxygen atoms in total. The molecular formula is C25H17BrCl2N2O4S. The van der Waals surface area contributed by atoms with E-state index in [0.717, 1.165) is 21.8 Å². The van der Waals surface area contributed by atoms with Gasteiger partial charge in [0.25, 0.3) is 17.1 Å². The van der Waals surface area contributed by atoms with Crippen LogP contribution in [0.5, 0.6) is 5.75 Å². The van der Waals surface area contributed by atoms with Gasteiger partial charge in [-0.3, -0.25) is 19.3 Å². The van der Waals surface area contributed by atoms with Crippen molar-refractivity contribution in [1.29, 1.82) is 0 Å². The number of amides is 3. The Kier molecular flexibility index (Phi) is 8.18. The summed E-state index contributed by atoms with van der Waals surface area (Å²) in [6.45, 7) is -0.130. The summed E-state index contributed by atoms with van der Waals surface area (Å²) in [5, 5.41) is 3.14. The third kappa shape index (κ3) is 6.46. The highest BCUT2D eigenvalue weighted by Crippen LogP contribution is 2.35. The Morgan fingerprint density at radius 1 is 1.06 bits per heavy atom. The summed E-state index contributed by atoms with van der Waals surface area (Å²) in [5.41, 5.74) is 1.77. The van der Waals surface area contributed by atoms with E-state index in [0.29, 0.717) is 27.0 Å². The number of para-hydroxylation sites is 1. The van der Waals surface area contributed by atoms with Gasteiger partial charge < -0.3 is 10.1 Å². The van der Waals surface area contributed by atoms with Crippen LogP contribution in [0.4, 0.5) is 10.5 Å². The van der Waals surface area contributed by atoms with E-state index in [1.165, 1.54) is 4.90 Å². The average Bonchev–Trinajstić information content (AvgIpc) is 3.09. The number of thioether (sulfide) groups is 1. The van der Waals surface area contributed by atoms with Crippen molar-refractivity contribution in [2.45, 2.75) is 6.54 Å². The molecule has 0 saturated carbocycles. The topological polar surface area (TPSA) is 75.7 Å². The van der Waals surface area contributed by atoms with E-state index in [1.807, 2.05) is 24.3 Å². The third-order valence-electron chi connectivity index (χ3n) is 4.89. The number of carbonyl (C=O) groups is 3. The van der Waals surface area contributed by atoms with Crippen LogP contribution in [0.15, 0.2) is 76.1 Å². The Hall–Kier alpha value is -2.78. The van der Waals surface area contributed by atoms with E-state index >= 15 is 0 Å². The maximum atomic E-state index is 12.9. The summed E-state index contributed by atoms with van der Waals surface area (Å²) in [6, 6.07) is 19.1. The average molecular weight is 592 g/mol. The van der Waals surface area contributed by atoms with Gasteiger partial charge in [-0.2, -0.15) is 0 Å². The van der Waals surface area contributed by atoms with Gasteiger partial charge in [-0.05, 0) is 65.9 Å². The van der Waals surface area contributed by atoms with Crippen LogP contribution < -0.4 is 10.1 Å². The van der Waals surface area contributed by atoms with E-state index < -0.39 is 11.8 Å². The molecule has 1 aliphatic heterocycles. The van der Waals surface area contributed by atoms with Crippen molar-refractivity contribution < 1.29 is 19.1 Å². The fourth-order valence-corrected chi connectivity index (χ4v) is 4.66. The highest BCUT2D eigenvalue weighted by Gasteiger charge is 2.35. The summed E-state index contributed by atoms with van der Waals surface area (Å²) in [6.07, 6.45) is 1.54. The van der Waals surface area contributed by atoms with E-state index in [-0.39, 0.29) is 23.3 Å². The first-order chi connectivity index (χ1) is 16.8. The van der Waals surface area contributed by atoms with Crippen molar-refractivity contribution >= 4 is 79.7 Å². The van der Waals surface area contributed by atoms with E-state index in [9.17, 15) is 14.4 Å². The summed E-state index contributed by atoms with van der Waals surface area (Å²) < 4.78 is 6.60. The van der Waals surface area contributed by atoms with Crippen LogP contribution in [-0.2, 0) is 16.1 Å². The quantitative estimate of drug-likeness (QED) is 0.299. The molecule has 4 rings (SSSR count). The molecule has 35 heavy (non-hydrogen) atoms. The Morgan fingerprint density at radius 3 is 2.54 bits per heavy atom. The van der Waals surface area contributed by atoms with E-state index in [1.54, 1.807) is 48.5 Å². The molecule has 0 aliphatic carbocycles. The maximum Gasteiger partial charge on any atom is 0.293 e. The number of nitrogens with one attached hydrogen (secondary N) is 1. The van der Waals surface area contributed by atoms with Crippen LogP contribution in [-0.4, -0.2) is 28.6 Å². The summed E-state index contributed by atoms with van der Waals surface area (Å²) in [4.78, 5) is 39.2. The second kappa shape index (κ2) is 11.3. The molecular weight excluding hydrogens is 575 g/mol. The Morgan fingerprint density at radius 2 is 1.80 bits per heavy atom. The first-order valence-electron chi connectivity index (χ1n) is 10.3. The molecule has 1 fully saturated rings. The molecule has 178 valence electrons. The minimum absolute atomic E-state index is 0.163. The van der Waals surface area contributed by atoms with Crippen molar-refractivity contribution in [3.63, 3.8) is 0 Å². The van der Waals surface area contributed by atoms with Crippen molar-refractivity contribution in [3.05, 3.63) is 97.3 Å². The molecule has 1 aliphatic rings. The molecule has 3 aromatic carbocycles. The molecule has 1 heterocycles. The highest BCUT2D eigenvalue weighted by molar-refractivity contribution is 9.10. The van der Waals surface area contributed by atoms with Crippen LogP contribution >= 0.6 is 50.9 Å². The second-order valence-corrected chi connectivity index (χ2v) is 10.1. The molecule has 0 spiro atoms. The zero-order valence-electron chi connectivity index (χ0n) is 18.0. The molecule has 0 bridgehead atoms. The zero-order valence-corrected chi connectivity index (χ0v) is 21.9. The molecule has 0 unspecified atom stereocenters. The molecule has 0 radical (unpaired) electrons. The number of ether oxygens (including phenoxy) is 1. The number of anilines is 1. The van der Waals surface area contributed by atoms with Gasteiger partial charge in [0.2, 0.25) is 0 Å². The van der Waals surface area contributed by atoms with E-state index in [4.69, 9.17) is 27.9 Å². The number of nitrogens with zero attached hydrogens (tertiary/aromatic N) is 1. The summed E-state index contributed by atoms with van der Waals surface area (Å²) in [7, 11) is 0. The van der Waals surface area contributed by atoms with Crippen molar-refractivity contribution in [3.8, 4) is 5.75 Å². The van der Waals surface area contributed by atoms with Gasteiger partial charge >= 0.3 is 0 Å². The number of hydrogen-bond donors (Lipinski definition) is 1. The number of hydrogen-bond acceptors (Lipinski definition) is 5. The molecule has 0 atom stereocenters. The largest absolute Gasteiger partial charge is 0.483 e. The molecule has 1 N–H and O–H groups in total. The fraction of sp³-hybridized carbons (Fsp3) is 0.0800. The number of benzene rings is 3. The fourth-order valence-electron chi connectivity index (χ4n) is 3.21. The van der Waals surface area contributed by atoms with Gasteiger partial charge in [0, 0.05) is 15.1 Å². The number of imide groups is 1. The van der Waals surface area contributed by atoms with Gasteiger partial charge in [-0.1, -0.05) is 63.4 Å². The maximum absolute atomic E-state index is 12.9. The standard InChI is InChI=1S/C25H17BrCl2N2O4S/c26-17-7-5-15(6-8-17)13-30-24(32)22(35-25(30)33)12-16-11-18(27)9-10-21(16)34-14-23(31)29-20-4-2-1-3-19(20)28/h1-12H,13-14H2,(H,29,31)/b22-12-. The molecule has 10 heteroatoms. The van der Waals surface area contributed by atoms with Crippen molar-refractivity contribution in [2.24, 2.45) is 0 Å². The normalized spacial score (nSPS) is 14.5. The summed E-state index contributed by atoms with van der Waals surface area (Å²) >= 11 is 16.4. The lowest BCUT2D eigenvalue weighted by atomic mass is 10.1. The number of carbonyl (C=O) groups excluding carboxylic acids is 3. The lowest BCUT2D eigenvalue weighted by molar-refractivity contribution is -0.123. The number of halogens is 3. The second-order valence-electron chi connectivity index (χ2n) is 7.39. The Labute approximate surface area is 224 Å². The monoisotopic (exact) mass is 590 g/mol. The number of rotatable bonds is 7. The molecule has 1 saturated heterocycles. The zero-order chi connectivity index (χ0) is 24.9. The Bertz CT molecular complexity index is 1330. The van der Waals surface area contributed by atoms with Gasteiger partial charge in [0.1, 0.15) is 5.75 Å². The highest BCUT2D eigenvalue weighted by atomic mass is 79.9. The lowest BCUT2D eigenvalue weighted by Crippen LogP contribution is -2.27. The SMILES string of the molecule is O=C(COc1ccc(Cl)cc1/C=C1\SC(=O)N(Cc2ccc(Br)cc2)C1=O)Nc1ccccc1Cl. The van der Waals surface area contributed by atoms with Gasteiger partial charge in [-0.15, -0.1) is 0 Å². The van der Waals surface area contributed by atoms with E-state index in [2.05, 4.69) is 21.2 Å². The smallest absolute Gasteiger partial charge is 0.293 e. The van der Waals surface area contributed by atoms with Crippen LogP contribution in [0.1, 0.15) is 11.1 Å². The van der Waals surface area contributed by atoms with Crippen LogP contribution in [0.2, 0.25) is 10.0 Å². The minimum Gasteiger partial charge on any atom is -0.483 e. The third-order valence-corrected chi connectivity index (χ3v) is 6.89. The van der Waals surface area contributed by atoms with Crippen LogP contribution in [0.3, 0.4) is 0 Å². The van der Waals surface area contributed by atoms with Gasteiger partial charge in [-0.25, -0.2) is 0 Å². The first-order valence-corrected chi connectivity index (χ1v) is 12.6. The first kappa shape index (κ1) is 25.3. The van der Waals surface area contributed by atoms with Crippen LogP contribution in [0, 0.1) is 0 Å². The van der Waals surface area contributed by atoms with Gasteiger partial charge in [0.05, 0.1) is 22.2 Å². The molecule has 3 amide bonds. The van der Waals surface area contributed by atoms with Crippen molar-refractivity contribution in [2.75, 3.05) is 11.9 Å². The summed E-state index contributed by atoms with van der Waals surface area (Å²) in [5.74, 6) is -0.484. The van der Waals surface area contributed by atoms with Crippen LogP contribution in [0.25, 0.3) is 6.08 Å². The minimum atomic E-state index is -0.412. The predicted octanol–water partition coefficient (Wildman–Crippen LogP) is 7.01. The predicted molar refractivity (Wildman–Crippen MR) is 143 cm³/mol. The Balaban J connectivity index is 1.48. The van der Waals surface area contributed by atoms with Gasteiger partial charge in [0.15, 0.2) is 6.61 Å². The molecule has 3 aromatic rings. The van der Waals surface area contributed by atoms with Crippen molar-refractivity contribution in [1.82, 2.24) is 4.90 Å². The molecule has 0 aromatic heterocycles.